The molecule has 0 aromatic rings. The summed E-state index contributed by atoms with van der Waals surface area (Å²) in [5.74, 6) is 1.95. The molecule has 1 fully saturated rings. The van der Waals surface area contributed by atoms with Crippen molar-refractivity contribution in [3.05, 3.63) is 24.3 Å². The molecule has 3 aliphatic heterocycles. The molecule has 0 aliphatic carbocycles. The minimum atomic E-state index is 0.361. The third-order valence-electron chi connectivity index (χ3n) is 5.15. The first-order valence-corrected chi connectivity index (χ1v) is 9.47. The predicted molar refractivity (Wildman–Crippen MR) is 101 cm³/mol. The van der Waals surface area contributed by atoms with Gasteiger partial charge in [0.1, 0.15) is 0 Å². The van der Waals surface area contributed by atoms with E-state index in [1.165, 1.54) is 12.8 Å². The van der Waals surface area contributed by atoms with Crippen LogP contribution in [0.1, 0.15) is 54.4 Å². The van der Waals surface area contributed by atoms with E-state index in [1.807, 2.05) is 6.08 Å². The van der Waals surface area contributed by atoms with Crippen LogP contribution in [0.15, 0.2) is 24.3 Å². The SMILES string of the molecule is CC1C=CC=[O+]C1C.CC1C=CCOC1C.CC1CCCOC1C. The maximum atomic E-state index is 5.39. The average molecular weight is 338 g/mol. The average Bonchev–Trinajstić information content (AvgIpc) is 2.57. The van der Waals surface area contributed by atoms with Crippen molar-refractivity contribution in [2.45, 2.75) is 72.7 Å². The fourth-order valence-corrected chi connectivity index (χ4v) is 2.53. The van der Waals surface area contributed by atoms with E-state index in [-0.39, 0.29) is 0 Å². The number of hydrogen-bond donors (Lipinski definition) is 0. The van der Waals surface area contributed by atoms with Gasteiger partial charge in [0.15, 0.2) is 0 Å². The molecule has 3 nitrogen and oxygen atoms in total. The Kier molecular flexibility index (Phi) is 10.2. The summed E-state index contributed by atoms with van der Waals surface area (Å²) >= 11 is 0. The highest BCUT2D eigenvalue weighted by Crippen LogP contribution is 2.18. The van der Waals surface area contributed by atoms with Crippen molar-refractivity contribution in [1.29, 1.82) is 0 Å². The van der Waals surface area contributed by atoms with Gasteiger partial charge in [-0.3, -0.25) is 4.42 Å². The first-order chi connectivity index (χ1) is 11.4. The molecule has 0 N–H and O–H groups in total. The summed E-state index contributed by atoms with van der Waals surface area (Å²) in [6.07, 6.45) is 14.0. The van der Waals surface area contributed by atoms with Crippen LogP contribution in [-0.4, -0.2) is 37.8 Å². The molecule has 0 radical (unpaired) electrons. The van der Waals surface area contributed by atoms with Crippen molar-refractivity contribution >= 4 is 6.29 Å². The minimum Gasteiger partial charge on any atom is -0.378 e. The summed E-state index contributed by atoms with van der Waals surface area (Å²) < 4.78 is 15.9. The fraction of sp³-hybridized carbons (Fsp3) is 0.762. The predicted octanol–water partition coefficient (Wildman–Crippen LogP) is 4.73. The van der Waals surface area contributed by atoms with Crippen LogP contribution in [-0.2, 0) is 13.9 Å². The fourth-order valence-electron chi connectivity index (χ4n) is 2.53. The van der Waals surface area contributed by atoms with Crippen molar-refractivity contribution in [2.75, 3.05) is 13.2 Å². The lowest BCUT2D eigenvalue weighted by atomic mass is 9.98. The second-order valence-electron chi connectivity index (χ2n) is 7.24. The Labute approximate surface area is 148 Å². The molecule has 24 heavy (non-hydrogen) atoms. The summed E-state index contributed by atoms with van der Waals surface area (Å²) in [6.45, 7) is 14.7. The lowest BCUT2D eigenvalue weighted by molar-refractivity contribution is -0.501. The topological polar surface area (TPSA) is 29.8 Å². The molecule has 0 saturated carbocycles. The Morgan fingerprint density at radius 2 is 1.62 bits per heavy atom. The zero-order valence-electron chi connectivity index (χ0n) is 16.4. The van der Waals surface area contributed by atoms with E-state index in [2.05, 4.69) is 59.8 Å². The molecule has 3 rings (SSSR count). The Bertz CT molecular complexity index is 387. The van der Waals surface area contributed by atoms with Gasteiger partial charge in [0.25, 0.3) is 6.10 Å². The third-order valence-corrected chi connectivity index (χ3v) is 5.15. The standard InChI is InChI=1S/C7H14O.C7H12O.C7H11O/c3*1-6-4-3-5-8-7(6)2/h6-7H,3-5H2,1-2H3;3-4,6-7H,5H2,1-2H3;3-7H,1-2H3/q;;+1. The van der Waals surface area contributed by atoms with E-state index < -0.39 is 0 Å². The zero-order valence-corrected chi connectivity index (χ0v) is 16.4. The largest absolute Gasteiger partial charge is 0.378 e. The molecule has 3 aliphatic rings. The molecule has 0 bridgehead atoms. The number of allylic oxidation sites excluding steroid dienone is 1. The number of ether oxygens (including phenoxy) is 2. The maximum Gasteiger partial charge on any atom is 0.308 e. The summed E-state index contributed by atoms with van der Waals surface area (Å²) in [7, 11) is 0. The van der Waals surface area contributed by atoms with Gasteiger partial charge in [-0.15, -0.1) is 0 Å². The third kappa shape index (κ3) is 8.25. The van der Waals surface area contributed by atoms with Gasteiger partial charge in [-0.25, -0.2) is 0 Å². The van der Waals surface area contributed by atoms with E-state index in [1.54, 1.807) is 6.29 Å². The van der Waals surface area contributed by atoms with Crippen LogP contribution >= 0.6 is 0 Å². The van der Waals surface area contributed by atoms with Crippen molar-refractivity contribution in [2.24, 2.45) is 17.8 Å². The maximum absolute atomic E-state index is 5.39. The number of carbonyl (C=O) groups excluding carboxylic acids is 1. The Hall–Kier alpha value is -0.930. The molecule has 1 saturated heterocycles. The quantitative estimate of drug-likeness (QED) is 0.363. The molecule has 0 aromatic heterocycles. The van der Waals surface area contributed by atoms with Crippen LogP contribution in [0.2, 0.25) is 0 Å². The van der Waals surface area contributed by atoms with Gasteiger partial charge in [-0.2, -0.15) is 0 Å². The summed E-state index contributed by atoms with van der Waals surface area (Å²) in [4.78, 5) is 0. The molecule has 6 atom stereocenters. The summed E-state index contributed by atoms with van der Waals surface area (Å²) in [5, 5.41) is 0. The highest BCUT2D eigenvalue weighted by Gasteiger charge is 2.18. The van der Waals surface area contributed by atoms with Crippen molar-refractivity contribution in [3.8, 4) is 0 Å². The second kappa shape index (κ2) is 11.6. The monoisotopic (exact) mass is 337 g/mol. The van der Waals surface area contributed by atoms with E-state index in [0.717, 1.165) is 19.1 Å². The number of aldehydes is 1. The van der Waals surface area contributed by atoms with Gasteiger partial charge >= 0.3 is 6.29 Å². The Morgan fingerprint density at radius 3 is 2.00 bits per heavy atom. The zero-order chi connectivity index (χ0) is 17.9. The lowest BCUT2D eigenvalue weighted by Crippen LogP contribution is -2.23. The molecule has 0 spiro atoms. The van der Waals surface area contributed by atoms with E-state index >= 15 is 0 Å². The minimum absolute atomic E-state index is 0.361. The van der Waals surface area contributed by atoms with Crippen molar-refractivity contribution in [1.82, 2.24) is 0 Å². The normalized spacial score (nSPS) is 37.8. The van der Waals surface area contributed by atoms with Crippen LogP contribution in [0.3, 0.4) is 0 Å². The van der Waals surface area contributed by atoms with Gasteiger partial charge in [0, 0.05) is 25.5 Å². The lowest BCUT2D eigenvalue weighted by Gasteiger charge is -2.25. The highest BCUT2D eigenvalue weighted by atomic mass is 16.5. The molecular weight excluding hydrogens is 300 g/mol. The van der Waals surface area contributed by atoms with E-state index in [0.29, 0.717) is 30.1 Å². The second-order valence-corrected chi connectivity index (χ2v) is 7.24. The molecule has 0 aromatic carbocycles. The first kappa shape index (κ1) is 21.1. The summed E-state index contributed by atoms with van der Waals surface area (Å²) in [6, 6.07) is 0. The van der Waals surface area contributed by atoms with Crippen LogP contribution in [0.25, 0.3) is 0 Å². The molecule has 0 amide bonds. The molecule has 3 heterocycles. The molecule has 3 heteroatoms. The smallest absolute Gasteiger partial charge is 0.308 e. The van der Waals surface area contributed by atoms with Gasteiger partial charge in [0.2, 0.25) is 0 Å². The number of rotatable bonds is 0. The molecular formula is C21H37O3+. The summed E-state index contributed by atoms with van der Waals surface area (Å²) in [5.41, 5.74) is 0. The van der Waals surface area contributed by atoms with Crippen LogP contribution in [0.4, 0.5) is 0 Å². The van der Waals surface area contributed by atoms with Gasteiger partial charge in [0.05, 0.1) is 24.7 Å². The number of hydrogen-bond acceptors (Lipinski definition) is 2. The van der Waals surface area contributed by atoms with Crippen LogP contribution < -0.4 is 0 Å². The Morgan fingerprint density at radius 1 is 0.875 bits per heavy atom. The van der Waals surface area contributed by atoms with Gasteiger partial charge in [-0.1, -0.05) is 32.1 Å². The van der Waals surface area contributed by atoms with Gasteiger partial charge in [-0.05, 0) is 39.5 Å². The van der Waals surface area contributed by atoms with E-state index in [9.17, 15) is 0 Å². The van der Waals surface area contributed by atoms with Crippen molar-refractivity contribution < 1.29 is 13.9 Å². The van der Waals surface area contributed by atoms with Crippen LogP contribution in [0.5, 0.6) is 0 Å². The van der Waals surface area contributed by atoms with E-state index in [4.69, 9.17) is 13.9 Å². The first-order valence-electron chi connectivity index (χ1n) is 9.47. The molecule has 138 valence electrons. The van der Waals surface area contributed by atoms with Crippen molar-refractivity contribution in [3.63, 3.8) is 0 Å². The van der Waals surface area contributed by atoms with Crippen LogP contribution in [0, 0.1) is 17.8 Å². The molecule has 6 unspecified atom stereocenters. The highest BCUT2D eigenvalue weighted by molar-refractivity contribution is 5.65. The Balaban J connectivity index is 0.000000180. The van der Waals surface area contributed by atoms with Gasteiger partial charge < -0.3 is 9.47 Å².